The summed E-state index contributed by atoms with van der Waals surface area (Å²) in [7, 11) is 0. The van der Waals surface area contributed by atoms with Crippen LogP contribution in [0.15, 0.2) is 59.7 Å². The SMILES string of the molecule is O=C(CCCn1nc(-c2ccncc2)ccc1=O)Nc1ccc2c(c1)OCCO2. The molecule has 0 spiro atoms. The van der Waals surface area contributed by atoms with Crippen LogP contribution in [0, 0.1) is 0 Å². The number of pyridine rings is 1. The van der Waals surface area contributed by atoms with E-state index in [4.69, 9.17) is 9.47 Å². The predicted octanol–water partition coefficient (Wildman–Crippen LogP) is 2.50. The molecule has 1 amide bonds. The van der Waals surface area contributed by atoms with Crippen molar-refractivity contribution in [2.24, 2.45) is 0 Å². The lowest BCUT2D eigenvalue weighted by molar-refractivity contribution is -0.116. The zero-order chi connectivity index (χ0) is 20.1. The molecule has 0 unspecified atom stereocenters. The molecule has 8 heteroatoms. The zero-order valence-corrected chi connectivity index (χ0v) is 15.7. The number of ether oxygens (including phenoxy) is 2. The summed E-state index contributed by atoms with van der Waals surface area (Å²) in [6, 6.07) is 12.1. The molecule has 3 aromatic rings. The van der Waals surface area contributed by atoms with Crippen LogP contribution in [0.5, 0.6) is 11.5 Å². The fourth-order valence-electron chi connectivity index (χ4n) is 3.02. The summed E-state index contributed by atoms with van der Waals surface area (Å²) in [5.74, 6) is 1.16. The third-order valence-electron chi connectivity index (χ3n) is 4.44. The number of hydrogen-bond acceptors (Lipinski definition) is 6. The Labute approximate surface area is 167 Å². The van der Waals surface area contributed by atoms with Gasteiger partial charge >= 0.3 is 0 Å². The van der Waals surface area contributed by atoms with Crippen molar-refractivity contribution in [1.82, 2.24) is 14.8 Å². The van der Waals surface area contributed by atoms with Crippen molar-refractivity contribution in [2.45, 2.75) is 19.4 Å². The summed E-state index contributed by atoms with van der Waals surface area (Å²) >= 11 is 0. The quantitative estimate of drug-likeness (QED) is 0.693. The van der Waals surface area contributed by atoms with E-state index in [1.54, 1.807) is 36.7 Å². The van der Waals surface area contributed by atoms with Crippen LogP contribution in [0.1, 0.15) is 12.8 Å². The number of carbonyl (C=O) groups is 1. The van der Waals surface area contributed by atoms with Gasteiger partial charge in [0.1, 0.15) is 13.2 Å². The third-order valence-corrected chi connectivity index (χ3v) is 4.44. The Hall–Kier alpha value is -3.68. The smallest absolute Gasteiger partial charge is 0.266 e. The van der Waals surface area contributed by atoms with Gasteiger partial charge in [0.05, 0.1) is 5.69 Å². The summed E-state index contributed by atoms with van der Waals surface area (Å²) in [5.41, 5.74) is 2.02. The molecule has 0 saturated carbocycles. The molecule has 8 nitrogen and oxygen atoms in total. The highest BCUT2D eigenvalue weighted by Crippen LogP contribution is 2.32. The summed E-state index contributed by atoms with van der Waals surface area (Å²) in [4.78, 5) is 28.3. The Morgan fingerprint density at radius 2 is 1.83 bits per heavy atom. The number of anilines is 1. The minimum Gasteiger partial charge on any atom is -0.486 e. The highest BCUT2D eigenvalue weighted by Gasteiger charge is 2.13. The normalized spacial score (nSPS) is 12.4. The zero-order valence-electron chi connectivity index (χ0n) is 15.7. The molecule has 1 aliphatic heterocycles. The van der Waals surface area contributed by atoms with Gasteiger partial charge in [0, 0.05) is 48.7 Å². The maximum absolute atomic E-state index is 12.2. The molecule has 2 aromatic heterocycles. The maximum atomic E-state index is 12.2. The largest absolute Gasteiger partial charge is 0.486 e. The average molecular weight is 392 g/mol. The van der Waals surface area contributed by atoms with Gasteiger partial charge in [-0.15, -0.1) is 0 Å². The van der Waals surface area contributed by atoms with Gasteiger partial charge in [-0.25, -0.2) is 4.68 Å². The van der Waals surface area contributed by atoms with Crippen molar-refractivity contribution in [3.05, 3.63) is 65.2 Å². The van der Waals surface area contributed by atoms with Gasteiger partial charge < -0.3 is 14.8 Å². The molecule has 148 valence electrons. The van der Waals surface area contributed by atoms with E-state index in [2.05, 4.69) is 15.4 Å². The van der Waals surface area contributed by atoms with E-state index < -0.39 is 0 Å². The standard InChI is InChI=1S/C21H20N4O4/c26-20(23-16-3-5-18-19(14-16)29-13-12-28-18)2-1-11-25-21(27)6-4-17(24-25)15-7-9-22-10-8-15/h3-10,14H,1-2,11-13H2,(H,23,26). The van der Waals surface area contributed by atoms with E-state index in [1.165, 1.54) is 10.7 Å². The minimum atomic E-state index is -0.199. The summed E-state index contributed by atoms with van der Waals surface area (Å²) in [6.07, 6.45) is 4.11. The van der Waals surface area contributed by atoms with Crippen molar-refractivity contribution in [3.8, 4) is 22.8 Å². The third kappa shape index (κ3) is 4.60. The van der Waals surface area contributed by atoms with Crippen LogP contribution in [0.25, 0.3) is 11.3 Å². The maximum Gasteiger partial charge on any atom is 0.266 e. The number of hydrogen-bond donors (Lipinski definition) is 1. The van der Waals surface area contributed by atoms with Gasteiger partial charge in [-0.05, 0) is 36.8 Å². The molecule has 0 aliphatic carbocycles. The number of aromatic nitrogens is 3. The molecule has 0 saturated heterocycles. The topological polar surface area (TPSA) is 95.3 Å². The van der Waals surface area contributed by atoms with E-state index in [0.717, 1.165) is 5.56 Å². The van der Waals surface area contributed by atoms with Crippen molar-refractivity contribution in [1.29, 1.82) is 0 Å². The second kappa shape index (κ2) is 8.55. The van der Waals surface area contributed by atoms with Gasteiger partial charge in [0.25, 0.3) is 5.56 Å². The van der Waals surface area contributed by atoms with Crippen LogP contribution < -0.4 is 20.3 Å². The van der Waals surface area contributed by atoms with Gasteiger partial charge in [0.2, 0.25) is 5.91 Å². The van der Waals surface area contributed by atoms with Gasteiger partial charge in [-0.1, -0.05) is 0 Å². The molecule has 0 bridgehead atoms. The van der Waals surface area contributed by atoms with E-state index in [1.807, 2.05) is 12.1 Å². The first-order valence-electron chi connectivity index (χ1n) is 9.37. The van der Waals surface area contributed by atoms with Crippen LogP contribution in [-0.4, -0.2) is 33.9 Å². The molecule has 4 rings (SSSR count). The van der Waals surface area contributed by atoms with E-state index in [0.29, 0.717) is 49.1 Å². The Morgan fingerprint density at radius 3 is 2.66 bits per heavy atom. The van der Waals surface area contributed by atoms with Crippen LogP contribution >= 0.6 is 0 Å². The van der Waals surface area contributed by atoms with E-state index in [9.17, 15) is 9.59 Å². The molecule has 1 aromatic carbocycles. The monoisotopic (exact) mass is 392 g/mol. The van der Waals surface area contributed by atoms with Crippen LogP contribution in [0.3, 0.4) is 0 Å². The first-order chi connectivity index (χ1) is 14.2. The average Bonchev–Trinajstić information content (AvgIpc) is 2.75. The fraction of sp³-hybridized carbons (Fsp3) is 0.238. The van der Waals surface area contributed by atoms with E-state index in [-0.39, 0.29) is 17.9 Å². The molecular formula is C21H20N4O4. The molecule has 3 heterocycles. The Morgan fingerprint density at radius 1 is 1.03 bits per heavy atom. The van der Waals surface area contributed by atoms with E-state index >= 15 is 0 Å². The fourth-order valence-corrected chi connectivity index (χ4v) is 3.02. The number of amides is 1. The molecule has 0 atom stereocenters. The van der Waals surface area contributed by atoms with Crippen molar-refractivity contribution < 1.29 is 14.3 Å². The molecule has 1 N–H and O–H groups in total. The molecule has 1 aliphatic rings. The van der Waals surface area contributed by atoms with Gasteiger partial charge in [0.15, 0.2) is 11.5 Å². The van der Waals surface area contributed by atoms with Crippen LogP contribution in [0.2, 0.25) is 0 Å². The first-order valence-corrected chi connectivity index (χ1v) is 9.37. The molecular weight excluding hydrogens is 372 g/mol. The minimum absolute atomic E-state index is 0.139. The number of fused-ring (bicyclic) bond motifs is 1. The number of nitrogens with zero attached hydrogens (tertiary/aromatic N) is 3. The van der Waals surface area contributed by atoms with Crippen LogP contribution in [0.4, 0.5) is 5.69 Å². The van der Waals surface area contributed by atoms with Gasteiger partial charge in [-0.3, -0.25) is 14.6 Å². The molecule has 0 fully saturated rings. The molecule has 0 radical (unpaired) electrons. The Kier molecular flexibility index (Phi) is 5.51. The summed E-state index contributed by atoms with van der Waals surface area (Å²) in [5, 5.41) is 7.23. The van der Waals surface area contributed by atoms with Crippen LogP contribution in [-0.2, 0) is 11.3 Å². The lowest BCUT2D eigenvalue weighted by Gasteiger charge is -2.19. The van der Waals surface area contributed by atoms with Crippen molar-refractivity contribution >= 4 is 11.6 Å². The highest BCUT2D eigenvalue weighted by atomic mass is 16.6. The number of benzene rings is 1. The lowest BCUT2D eigenvalue weighted by atomic mass is 10.2. The summed E-state index contributed by atoms with van der Waals surface area (Å²) in [6.45, 7) is 1.37. The number of carbonyl (C=O) groups excluding carboxylic acids is 1. The number of nitrogens with one attached hydrogen (secondary N) is 1. The lowest BCUT2D eigenvalue weighted by Crippen LogP contribution is -2.23. The van der Waals surface area contributed by atoms with Gasteiger partial charge in [-0.2, -0.15) is 5.10 Å². The number of aryl methyl sites for hydroxylation is 1. The van der Waals surface area contributed by atoms with Crippen molar-refractivity contribution in [2.75, 3.05) is 18.5 Å². The second-order valence-corrected chi connectivity index (χ2v) is 6.53. The van der Waals surface area contributed by atoms with Crippen molar-refractivity contribution in [3.63, 3.8) is 0 Å². The summed E-state index contributed by atoms with van der Waals surface area (Å²) < 4.78 is 12.4. The predicted molar refractivity (Wildman–Crippen MR) is 107 cm³/mol. The Balaban J connectivity index is 1.34. The molecule has 29 heavy (non-hydrogen) atoms. The first kappa shape index (κ1) is 18.7. The highest BCUT2D eigenvalue weighted by molar-refractivity contribution is 5.91. The number of rotatable bonds is 6. The second-order valence-electron chi connectivity index (χ2n) is 6.53. The Bertz CT molecular complexity index is 1070.